The van der Waals surface area contributed by atoms with E-state index in [0.717, 1.165) is 13.0 Å². The zero-order chi connectivity index (χ0) is 16.5. The van der Waals surface area contributed by atoms with Gasteiger partial charge in [0.05, 0.1) is 19.6 Å². The largest absolute Gasteiger partial charge is 0.545 e. The number of pyridine rings is 1. The van der Waals surface area contributed by atoms with Crippen molar-refractivity contribution in [3.8, 4) is 0 Å². The van der Waals surface area contributed by atoms with Crippen molar-refractivity contribution in [2.45, 2.75) is 13.3 Å². The number of aryl methyl sites for hydroxylation is 1. The van der Waals surface area contributed by atoms with Crippen LogP contribution in [0.5, 0.6) is 0 Å². The first kappa shape index (κ1) is 17.5. The number of rotatable bonds is 5. The number of carbonyl (C=O) groups is 2. The lowest BCUT2D eigenvalue weighted by atomic mass is 10.2. The van der Waals surface area contributed by atoms with Crippen LogP contribution < -0.4 is 10.4 Å². The van der Waals surface area contributed by atoms with Gasteiger partial charge in [-0.15, -0.1) is 0 Å². The molecule has 0 radical (unpaired) electrons. The Hall–Kier alpha value is -2.60. The molecule has 118 valence electrons. The van der Waals surface area contributed by atoms with Crippen LogP contribution in [-0.4, -0.2) is 35.0 Å². The van der Waals surface area contributed by atoms with Crippen LogP contribution >= 0.6 is 0 Å². The molecule has 0 unspecified atom stereocenters. The van der Waals surface area contributed by atoms with Crippen molar-refractivity contribution in [2.75, 3.05) is 13.6 Å². The standard InChI is InChI=1S/C12H16N2.C4H4O4/c1-10-9-11-5-3-4-8-14(11)12(10)6-7-13-2;5-3(6)1-2-4(7)8/h3-5,8-9,13H,6-7H2,1-2H3;1-2H,(H,5,6)(H,7,8)/b;2-1-. The van der Waals surface area contributed by atoms with Crippen LogP contribution in [0.15, 0.2) is 42.6 Å². The number of nitrogens with two attached hydrogens (primary N) is 1. The molecule has 6 nitrogen and oxygen atoms in total. The molecular formula is C16H20N2O4. The number of aromatic nitrogens is 1. The first-order valence-corrected chi connectivity index (χ1v) is 6.91. The van der Waals surface area contributed by atoms with E-state index in [1.807, 2.05) is 0 Å². The van der Waals surface area contributed by atoms with Crippen LogP contribution in [0, 0.1) is 6.92 Å². The Morgan fingerprint density at radius 1 is 1.36 bits per heavy atom. The Morgan fingerprint density at radius 3 is 2.64 bits per heavy atom. The van der Waals surface area contributed by atoms with Gasteiger partial charge in [-0.1, -0.05) is 6.07 Å². The molecule has 2 aromatic heterocycles. The molecule has 2 rings (SSSR count). The van der Waals surface area contributed by atoms with Gasteiger partial charge in [0.2, 0.25) is 0 Å². The molecular weight excluding hydrogens is 284 g/mol. The van der Waals surface area contributed by atoms with E-state index in [1.165, 1.54) is 16.8 Å². The molecule has 0 saturated heterocycles. The number of fused-ring (bicyclic) bond motifs is 1. The minimum absolute atomic E-state index is 0.447. The van der Waals surface area contributed by atoms with E-state index in [2.05, 4.69) is 54.2 Å². The highest BCUT2D eigenvalue weighted by Gasteiger charge is 2.05. The number of nitrogens with zero attached hydrogens (tertiary/aromatic N) is 1. The first-order valence-electron chi connectivity index (χ1n) is 6.91. The van der Waals surface area contributed by atoms with Gasteiger partial charge in [0.25, 0.3) is 0 Å². The predicted molar refractivity (Wildman–Crippen MR) is 80.3 cm³/mol. The van der Waals surface area contributed by atoms with E-state index in [4.69, 9.17) is 5.11 Å². The van der Waals surface area contributed by atoms with Gasteiger partial charge in [0.1, 0.15) is 0 Å². The molecule has 0 aliphatic rings. The molecule has 0 amide bonds. The average molecular weight is 304 g/mol. The molecule has 3 N–H and O–H groups in total. The quantitative estimate of drug-likeness (QED) is 0.718. The third-order valence-corrected chi connectivity index (χ3v) is 3.03. The second-order valence-corrected chi connectivity index (χ2v) is 4.71. The van der Waals surface area contributed by atoms with Crippen molar-refractivity contribution in [2.24, 2.45) is 0 Å². The Labute approximate surface area is 128 Å². The number of hydrogen-bond donors (Lipinski definition) is 2. The smallest absolute Gasteiger partial charge is 0.328 e. The predicted octanol–water partition coefficient (Wildman–Crippen LogP) is -0.639. The molecule has 0 aliphatic carbocycles. The lowest BCUT2D eigenvalue weighted by Crippen LogP contribution is -2.80. The molecule has 0 bridgehead atoms. The normalized spacial score (nSPS) is 10.5. The number of aliphatic carboxylic acids is 2. The van der Waals surface area contributed by atoms with Crippen molar-refractivity contribution >= 4 is 17.5 Å². The Morgan fingerprint density at radius 2 is 2.09 bits per heavy atom. The van der Waals surface area contributed by atoms with Crippen molar-refractivity contribution in [3.05, 3.63) is 53.9 Å². The van der Waals surface area contributed by atoms with Gasteiger partial charge in [-0.25, -0.2) is 4.79 Å². The number of quaternary nitrogens is 1. The van der Waals surface area contributed by atoms with Crippen molar-refractivity contribution in [1.29, 1.82) is 0 Å². The Bertz CT molecular complexity index is 658. The molecule has 2 aromatic rings. The number of hydrogen-bond acceptors (Lipinski definition) is 3. The molecule has 0 saturated carbocycles. The van der Waals surface area contributed by atoms with Crippen LogP contribution in [0.25, 0.3) is 5.52 Å². The summed E-state index contributed by atoms with van der Waals surface area (Å²) in [6, 6.07) is 8.59. The van der Waals surface area contributed by atoms with E-state index in [-0.39, 0.29) is 0 Å². The second kappa shape index (κ2) is 8.63. The maximum atomic E-state index is 9.53. The topological polar surface area (TPSA) is 98.5 Å². The minimum atomic E-state index is -1.51. The van der Waals surface area contributed by atoms with Crippen LogP contribution in [-0.2, 0) is 16.0 Å². The van der Waals surface area contributed by atoms with Gasteiger partial charge in [-0.05, 0) is 36.8 Å². The number of carboxylic acid groups (broad SMARTS) is 2. The van der Waals surface area contributed by atoms with Gasteiger partial charge in [0, 0.05) is 29.9 Å². The molecule has 6 heteroatoms. The summed E-state index contributed by atoms with van der Waals surface area (Å²) in [4.78, 5) is 19.0. The zero-order valence-electron chi connectivity index (χ0n) is 12.7. The van der Waals surface area contributed by atoms with Crippen molar-refractivity contribution < 1.29 is 25.1 Å². The second-order valence-electron chi connectivity index (χ2n) is 4.71. The number of carboxylic acids is 2. The van der Waals surface area contributed by atoms with E-state index >= 15 is 0 Å². The van der Waals surface area contributed by atoms with Gasteiger partial charge < -0.3 is 24.7 Å². The highest BCUT2D eigenvalue weighted by molar-refractivity contribution is 5.88. The molecule has 0 fully saturated rings. The van der Waals surface area contributed by atoms with Crippen molar-refractivity contribution in [3.63, 3.8) is 0 Å². The van der Waals surface area contributed by atoms with Gasteiger partial charge in [-0.3, -0.25) is 0 Å². The Kier molecular flexibility index (Phi) is 6.85. The third kappa shape index (κ3) is 5.41. The molecule has 0 aliphatic heterocycles. The number of carbonyl (C=O) groups excluding carboxylic acids is 1. The monoisotopic (exact) mass is 304 g/mol. The van der Waals surface area contributed by atoms with Crippen LogP contribution in [0.3, 0.4) is 0 Å². The lowest BCUT2D eigenvalue weighted by molar-refractivity contribution is -0.626. The zero-order valence-corrected chi connectivity index (χ0v) is 12.7. The van der Waals surface area contributed by atoms with E-state index in [1.54, 1.807) is 0 Å². The summed E-state index contributed by atoms with van der Waals surface area (Å²) in [6.07, 6.45) is 4.23. The maximum absolute atomic E-state index is 9.53. The minimum Gasteiger partial charge on any atom is -0.545 e. The van der Waals surface area contributed by atoms with Crippen LogP contribution in [0.2, 0.25) is 0 Å². The van der Waals surface area contributed by atoms with E-state index in [9.17, 15) is 14.7 Å². The summed E-state index contributed by atoms with van der Waals surface area (Å²) in [7, 11) is 2.12. The fourth-order valence-corrected chi connectivity index (χ4v) is 2.05. The lowest BCUT2D eigenvalue weighted by Gasteiger charge is -2.02. The van der Waals surface area contributed by atoms with E-state index < -0.39 is 11.9 Å². The van der Waals surface area contributed by atoms with Crippen LogP contribution in [0.4, 0.5) is 0 Å². The SMILES string of the molecule is C[NH2+]CCc1c(C)cc2ccccn12.O=C([O-])/C=C\C(=O)O. The highest BCUT2D eigenvalue weighted by atomic mass is 16.4. The maximum Gasteiger partial charge on any atom is 0.328 e. The summed E-state index contributed by atoms with van der Waals surface area (Å²) < 4.78 is 2.29. The molecule has 0 aromatic carbocycles. The van der Waals surface area contributed by atoms with Crippen LogP contribution in [0.1, 0.15) is 11.3 Å². The summed E-state index contributed by atoms with van der Waals surface area (Å²) >= 11 is 0. The summed E-state index contributed by atoms with van der Waals surface area (Å²) in [5, 5.41) is 19.5. The van der Waals surface area contributed by atoms with E-state index in [0.29, 0.717) is 12.2 Å². The summed E-state index contributed by atoms with van der Waals surface area (Å²) in [5.74, 6) is -2.80. The first-order chi connectivity index (χ1) is 10.5. The van der Waals surface area contributed by atoms with Gasteiger partial charge in [-0.2, -0.15) is 0 Å². The van der Waals surface area contributed by atoms with Crippen molar-refractivity contribution in [1.82, 2.24) is 4.40 Å². The highest BCUT2D eigenvalue weighted by Crippen LogP contribution is 2.15. The fraction of sp³-hybridized carbons (Fsp3) is 0.250. The van der Waals surface area contributed by atoms with Gasteiger partial charge in [0.15, 0.2) is 0 Å². The summed E-state index contributed by atoms with van der Waals surface area (Å²) in [6.45, 7) is 3.35. The average Bonchev–Trinajstić information content (AvgIpc) is 2.79. The molecule has 0 spiro atoms. The molecule has 0 atom stereocenters. The fourth-order valence-electron chi connectivity index (χ4n) is 2.05. The molecule has 22 heavy (non-hydrogen) atoms. The third-order valence-electron chi connectivity index (χ3n) is 3.03. The number of likely N-dealkylation sites (N-methyl/N-ethyl adjacent to an activating group) is 1. The summed E-state index contributed by atoms with van der Waals surface area (Å²) in [5.41, 5.74) is 4.15. The van der Waals surface area contributed by atoms with Gasteiger partial charge >= 0.3 is 5.97 Å². The molecule has 2 heterocycles. The Balaban J connectivity index is 0.000000261.